The van der Waals surface area contributed by atoms with E-state index in [-0.39, 0.29) is 0 Å². The summed E-state index contributed by atoms with van der Waals surface area (Å²) in [5.41, 5.74) is 2.14. The van der Waals surface area contributed by atoms with Gasteiger partial charge in [-0.15, -0.1) is 6.58 Å². The first-order chi connectivity index (χ1) is 8.90. The van der Waals surface area contributed by atoms with E-state index < -0.39 is 0 Å². The van der Waals surface area contributed by atoms with Crippen molar-refractivity contribution in [1.29, 1.82) is 0 Å². The van der Waals surface area contributed by atoms with Crippen molar-refractivity contribution in [2.24, 2.45) is 0 Å². The molecule has 2 aromatic carbocycles. The van der Waals surface area contributed by atoms with Crippen LogP contribution in [0.25, 0.3) is 0 Å². The fourth-order valence-electron chi connectivity index (χ4n) is 1.60. The molecule has 88 valence electrons. The summed E-state index contributed by atoms with van der Waals surface area (Å²) < 4.78 is 5.36. The second-order valence-electron chi connectivity index (χ2n) is 3.79. The topological polar surface area (TPSA) is 9.23 Å². The Balaban J connectivity index is 2.12. The molecule has 0 amide bonds. The second kappa shape index (κ2) is 6.32. The van der Waals surface area contributed by atoms with Crippen LogP contribution >= 0.6 is 0 Å². The monoisotopic (exact) mass is 234 g/mol. The third-order valence-corrected chi connectivity index (χ3v) is 2.48. The molecule has 0 heterocycles. The molecule has 0 spiro atoms. The Morgan fingerprint density at radius 2 is 1.72 bits per heavy atom. The lowest BCUT2D eigenvalue weighted by Gasteiger charge is -1.99. The first-order valence-corrected chi connectivity index (χ1v) is 5.82. The number of ether oxygens (including phenoxy) is 1. The molecule has 2 rings (SSSR count). The van der Waals surface area contributed by atoms with Crippen molar-refractivity contribution in [2.75, 3.05) is 0 Å². The van der Waals surface area contributed by atoms with Crippen LogP contribution in [0.5, 0.6) is 5.75 Å². The van der Waals surface area contributed by atoms with Crippen LogP contribution in [0, 0.1) is 12.0 Å². The van der Waals surface area contributed by atoms with E-state index in [0.717, 1.165) is 23.3 Å². The first-order valence-electron chi connectivity index (χ1n) is 5.82. The lowest BCUT2D eigenvalue weighted by Crippen LogP contribution is -1.88. The highest BCUT2D eigenvalue weighted by molar-refractivity contribution is 5.41. The third kappa shape index (κ3) is 3.26. The molecule has 0 aromatic heterocycles. The van der Waals surface area contributed by atoms with Gasteiger partial charge in [-0.3, -0.25) is 0 Å². The van der Waals surface area contributed by atoms with Crippen molar-refractivity contribution in [3.05, 3.63) is 78.4 Å². The largest absolute Gasteiger partial charge is 0.407 e. The van der Waals surface area contributed by atoms with Crippen molar-refractivity contribution < 1.29 is 4.74 Å². The van der Waals surface area contributed by atoms with Gasteiger partial charge in [-0.05, 0) is 36.1 Å². The summed E-state index contributed by atoms with van der Waals surface area (Å²) >= 11 is 0. The fourth-order valence-corrected chi connectivity index (χ4v) is 1.60. The molecule has 18 heavy (non-hydrogen) atoms. The van der Waals surface area contributed by atoms with Gasteiger partial charge in [0.05, 0.1) is 0 Å². The minimum atomic E-state index is 0.756. The van der Waals surface area contributed by atoms with Gasteiger partial charge in [0.2, 0.25) is 0 Å². The zero-order valence-electron chi connectivity index (χ0n) is 10.1. The Bertz CT molecular complexity index is 573. The zero-order valence-corrected chi connectivity index (χ0v) is 10.1. The van der Waals surface area contributed by atoms with Crippen molar-refractivity contribution in [1.82, 2.24) is 0 Å². The van der Waals surface area contributed by atoms with Gasteiger partial charge in [-0.2, -0.15) is 0 Å². The molecule has 0 N–H and O–H groups in total. The van der Waals surface area contributed by atoms with E-state index >= 15 is 0 Å². The smallest absolute Gasteiger partial charge is 0.140 e. The molecule has 0 bridgehead atoms. The summed E-state index contributed by atoms with van der Waals surface area (Å²) in [4.78, 5) is 0. The maximum Gasteiger partial charge on any atom is 0.140 e. The Morgan fingerprint density at radius 3 is 2.50 bits per heavy atom. The van der Waals surface area contributed by atoms with Crippen LogP contribution in [0.3, 0.4) is 0 Å². The standard InChI is InChI=1S/C17H14O/c1-2-8-15-9-6-7-10-16(15)13-14-18-17-11-4-3-5-12-17/h2-7,9-12H,1,8H2. The highest BCUT2D eigenvalue weighted by atomic mass is 16.5. The molecule has 0 atom stereocenters. The predicted molar refractivity (Wildman–Crippen MR) is 74.3 cm³/mol. The van der Waals surface area contributed by atoms with Gasteiger partial charge in [0, 0.05) is 5.56 Å². The molecular formula is C17H14O. The summed E-state index contributed by atoms with van der Waals surface area (Å²) in [7, 11) is 0. The SMILES string of the molecule is C=CCc1ccccc1C#COc1ccccc1. The van der Waals surface area contributed by atoms with E-state index in [1.54, 1.807) is 0 Å². The molecular weight excluding hydrogens is 220 g/mol. The van der Waals surface area contributed by atoms with Crippen LogP contribution < -0.4 is 4.74 Å². The summed E-state index contributed by atoms with van der Waals surface area (Å²) in [6.45, 7) is 3.75. The molecule has 0 radical (unpaired) electrons. The molecule has 1 nitrogen and oxygen atoms in total. The lowest BCUT2D eigenvalue weighted by atomic mass is 10.1. The number of para-hydroxylation sites is 1. The van der Waals surface area contributed by atoms with Gasteiger partial charge in [0.25, 0.3) is 0 Å². The third-order valence-electron chi connectivity index (χ3n) is 2.48. The average Bonchev–Trinajstić information content (AvgIpc) is 2.42. The molecule has 0 saturated carbocycles. The molecule has 2 aromatic rings. The first kappa shape index (κ1) is 12.0. The van der Waals surface area contributed by atoms with Crippen LogP contribution in [-0.2, 0) is 6.42 Å². The summed E-state index contributed by atoms with van der Waals surface area (Å²) in [5.74, 6) is 3.78. The zero-order chi connectivity index (χ0) is 12.6. The van der Waals surface area contributed by atoms with E-state index in [2.05, 4.69) is 18.6 Å². The Hall–Kier alpha value is -2.46. The van der Waals surface area contributed by atoms with Crippen molar-refractivity contribution in [2.45, 2.75) is 6.42 Å². The number of hydrogen-bond acceptors (Lipinski definition) is 1. The fraction of sp³-hybridized carbons (Fsp3) is 0.0588. The van der Waals surface area contributed by atoms with Crippen LogP contribution in [0.2, 0.25) is 0 Å². The summed E-state index contributed by atoms with van der Waals surface area (Å²) in [6.07, 6.45) is 5.42. The molecule has 0 fully saturated rings. The minimum Gasteiger partial charge on any atom is -0.407 e. The van der Waals surface area contributed by atoms with Gasteiger partial charge in [-0.1, -0.05) is 42.5 Å². The van der Waals surface area contributed by atoms with Gasteiger partial charge in [-0.25, -0.2) is 0 Å². The van der Waals surface area contributed by atoms with Gasteiger partial charge in [0.15, 0.2) is 0 Å². The molecule has 0 aliphatic heterocycles. The lowest BCUT2D eigenvalue weighted by molar-refractivity contribution is 0.520. The number of hydrogen-bond donors (Lipinski definition) is 0. The average molecular weight is 234 g/mol. The number of benzene rings is 2. The minimum absolute atomic E-state index is 0.756. The Morgan fingerprint density at radius 1 is 1.00 bits per heavy atom. The second-order valence-corrected chi connectivity index (χ2v) is 3.79. The van der Waals surface area contributed by atoms with E-state index in [4.69, 9.17) is 4.74 Å². The van der Waals surface area contributed by atoms with Crippen LogP contribution in [0.4, 0.5) is 0 Å². The van der Waals surface area contributed by atoms with Crippen molar-refractivity contribution >= 4 is 0 Å². The maximum atomic E-state index is 5.36. The molecule has 0 saturated heterocycles. The van der Waals surface area contributed by atoms with E-state index in [1.807, 2.05) is 60.7 Å². The highest BCUT2D eigenvalue weighted by Gasteiger charge is 1.95. The summed E-state index contributed by atoms with van der Waals surface area (Å²) in [6, 6.07) is 17.6. The Labute approximate surface area is 108 Å². The molecule has 0 aliphatic carbocycles. The highest BCUT2D eigenvalue weighted by Crippen LogP contribution is 2.10. The molecule has 1 heteroatoms. The predicted octanol–water partition coefficient (Wildman–Crippen LogP) is 3.80. The quantitative estimate of drug-likeness (QED) is 0.579. The maximum absolute atomic E-state index is 5.36. The van der Waals surface area contributed by atoms with Crippen molar-refractivity contribution in [3.8, 4) is 17.8 Å². The van der Waals surface area contributed by atoms with Crippen molar-refractivity contribution in [3.63, 3.8) is 0 Å². The van der Waals surface area contributed by atoms with Gasteiger partial charge < -0.3 is 4.74 Å². The molecule has 0 unspecified atom stereocenters. The van der Waals surface area contributed by atoms with Crippen LogP contribution in [0.15, 0.2) is 67.3 Å². The normalized spacial score (nSPS) is 9.11. The van der Waals surface area contributed by atoms with Crippen LogP contribution in [0.1, 0.15) is 11.1 Å². The number of rotatable bonds is 3. The number of allylic oxidation sites excluding steroid dienone is 1. The van der Waals surface area contributed by atoms with Crippen LogP contribution in [-0.4, -0.2) is 0 Å². The van der Waals surface area contributed by atoms with E-state index in [0.29, 0.717) is 0 Å². The van der Waals surface area contributed by atoms with E-state index in [9.17, 15) is 0 Å². The Kier molecular flexibility index (Phi) is 4.22. The van der Waals surface area contributed by atoms with Gasteiger partial charge in [0.1, 0.15) is 11.9 Å². The molecule has 0 aliphatic rings. The summed E-state index contributed by atoms with van der Waals surface area (Å²) in [5, 5.41) is 0. The van der Waals surface area contributed by atoms with Gasteiger partial charge >= 0.3 is 0 Å². The van der Waals surface area contributed by atoms with E-state index in [1.165, 1.54) is 0 Å².